The number of pyridine rings is 1. The van der Waals surface area contributed by atoms with E-state index in [1.165, 1.54) is 12.3 Å². The summed E-state index contributed by atoms with van der Waals surface area (Å²) in [5.74, 6) is -0.948. The molecule has 19 heavy (non-hydrogen) atoms. The number of aromatic nitrogens is 3. The average molecular weight is 327 g/mol. The van der Waals surface area contributed by atoms with Crippen molar-refractivity contribution < 1.29 is 9.18 Å². The first-order chi connectivity index (χ1) is 8.99. The molecule has 2 rings (SSSR count). The first-order valence-corrected chi connectivity index (χ1v) is 6.35. The Morgan fingerprint density at radius 1 is 1.53 bits per heavy atom. The van der Waals surface area contributed by atoms with Gasteiger partial charge in [0.05, 0.1) is 16.2 Å². The fourth-order valence-electron chi connectivity index (χ4n) is 1.54. The minimum absolute atomic E-state index is 0.165. The SMILES string of the molecule is Cc1c(CNC(=O)c2cnc(F)c(Br)c2)cnn1C. The van der Waals surface area contributed by atoms with Gasteiger partial charge >= 0.3 is 0 Å². The molecule has 0 saturated carbocycles. The summed E-state index contributed by atoms with van der Waals surface area (Å²) < 4.78 is 14.9. The third kappa shape index (κ3) is 2.98. The molecule has 0 aromatic carbocycles. The molecular formula is C12H12BrFN4O. The Labute approximate surface area is 118 Å². The normalized spacial score (nSPS) is 10.5. The van der Waals surface area contributed by atoms with E-state index in [0.29, 0.717) is 12.1 Å². The van der Waals surface area contributed by atoms with Crippen LogP contribution >= 0.6 is 15.9 Å². The molecule has 2 aromatic rings. The highest BCUT2D eigenvalue weighted by atomic mass is 79.9. The maximum atomic E-state index is 13.0. The van der Waals surface area contributed by atoms with Crippen LogP contribution in [0.1, 0.15) is 21.6 Å². The third-order valence-corrected chi connectivity index (χ3v) is 3.39. The van der Waals surface area contributed by atoms with Gasteiger partial charge in [0.15, 0.2) is 0 Å². The first kappa shape index (κ1) is 13.7. The number of aryl methyl sites for hydroxylation is 1. The first-order valence-electron chi connectivity index (χ1n) is 5.55. The Morgan fingerprint density at radius 2 is 2.26 bits per heavy atom. The molecule has 0 aliphatic rings. The lowest BCUT2D eigenvalue weighted by Crippen LogP contribution is -2.23. The molecule has 0 atom stereocenters. The van der Waals surface area contributed by atoms with Crippen LogP contribution in [0.4, 0.5) is 4.39 Å². The van der Waals surface area contributed by atoms with Crippen LogP contribution in [0.3, 0.4) is 0 Å². The van der Waals surface area contributed by atoms with Crippen LogP contribution in [0.25, 0.3) is 0 Å². The minimum Gasteiger partial charge on any atom is -0.348 e. The Morgan fingerprint density at radius 3 is 2.84 bits per heavy atom. The van der Waals surface area contributed by atoms with Crippen molar-refractivity contribution in [1.82, 2.24) is 20.1 Å². The Hall–Kier alpha value is -1.76. The maximum Gasteiger partial charge on any atom is 0.253 e. The van der Waals surface area contributed by atoms with Gasteiger partial charge in [0.2, 0.25) is 5.95 Å². The van der Waals surface area contributed by atoms with Crippen LogP contribution in [0.5, 0.6) is 0 Å². The molecule has 0 aliphatic carbocycles. The van der Waals surface area contributed by atoms with E-state index >= 15 is 0 Å². The van der Waals surface area contributed by atoms with Crippen LogP contribution in [0.2, 0.25) is 0 Å². The second kappa shape index (κ2) is 5.48. The lowest BCUT2D eigenvalue weighted by Gasteiger charge is -2.05. The predicted molar refractivity (Wildman–Crippen MR) is 71.0 cm³/mol. The number of amides is 1. The van der Waals surface area contributed by atoms with Crippen LogP contribution < -0.4 is 5.32 Å². The molecule has 0 spiro atoms. The van der Waals surface area contributed by atoms with E-state index in [4.69, 9.17) is 0 Å². The number of nitrogens with zero attached hydrogens (tertiary/aromatic N) is 3. The molecule has 1 amide bonds. The summed E-state index contributed by atoms with van der Waals surface area (Å²) >= 11 is 2.99. The minimum atomic E-state index is -0.639. The zero-order chi connectivity index (χ0) is 14.0. The van der Waals surface area contributed by atoms with Gasteiger partial charge in [-0.3, -0.25) is 9.48 Å². The van der Waals surface area contributed by atoms with E-state index in [9.17, 15) is 9.18 Å². The third-order valence-electron chi connectivity index (χ3n) is 2.83. The van der Waals surface area contributed by atoms with Crippen molar-refractivity contribution in [2.45, 2.75) is 13.5 Å². The lowest BCUT2D eigenvalue weighted by molar-refractivity contribution is 0.0950. The largest absolute Gasteiger partial charge is 0.348 e. The molecule has 0 radical (unpaired) electrons. The summed E-state index contributed by atoms with van der Waals surface area (Å²) in [6.45, 7) is 2.29. The fourth-order valence-corrected chi connectivity index (χ4v) is 1.89. The molecular weight excluding hydrogens is 315 g/mol. The topological polar surface area (TPSA) is 59.8 Å². The maximum absolute atomic E-state index is 13.0. The molecule has 0 aliphatic heterocycles. The number of halogens is 2. The van der Waals surface area contributed by atoms with Crippen molar-refractivity contribution in [3.8, 4) is 0 Å². The lowest BCUT2D eigenvalue weighted by atomic mass is 10.2. The fraction of sp³-hybridized carbons (Fsp3) is 0.250. The molecule has 100 valence electrons. The number of nitrogens with one attached hydrogen (secondary N) is 1. The van der Waals surface area contributed by atoms with E-state index in [2.05, 4.69) is 31.3 Å². The monoisotopic (exact) mass is 326 g/mol. The molecule has 0 saturated heterocycles. The van der Waals surface area contributed by atoms with Gasteiger partial charge < -0.3 is 5.32 Å². The van der Waals surface area contributed by atoms with Crippen LogP contribution in [-0.4, -0.2) is 20.7 Å². The van der Waals surface area contributed by atoms with E-state index in [-0.39, 0.29) is 10.4 Å². The molecule has 5 nitrogen and oxygen atoms in total. The highest BCUT2D eigenvalue weighted by molar-refractivity contribution is 9.10. The smallest absolute Gasteiger partial charge is 0.253 e. The number of carbonyl (C=O) groups excluding carboxylic acids is 1. The van der Waals surface area contributed by atoms with Gasteiger partial charge in [-0.1, -0.05) is 0 Å². The predicted octanol–water partition coefficient (Wildman–Crippen LogP) is 1.96. The van der Waals surface area contributed by atoms with Gasteiger partial charge in [-0.15, -0.1) is 0 Å². The number of rotatable bonds is 3. The van der Waals surface area contributed by atoms with Crippen LogP contribution in [-0.2, 0) is 13.6 Å². The molecule has 2 aromatic heterocycles. The highest BCUT2D eigenvalue weighted by Gasteiger charge is 2.10. The molecule has 0 fully saturated rings. The summed E-state index contributed by atoms with van der Waals surface area (Å²) in [6.07, 6.45) is 2.90. The zero-order valence-corrected chi connectivity index (χ0v) is 12.0. The van der Waals surface area contributed by atoms with Crippen molar-refractivity contribution in [2.24, 2.45) is 7.05 Å². The number of hydrogen-bond acceptors (Lipinski definition) is 3. The molecule has 0 unspecified atom stereocenters. The van der Waals surface area contributed by atoms with Gasteiger partial charge in [-0.05, 0) is 28.9 Å². The average Bonchev–Trinajstić information content (AvgIpc) is 2.70. The molecule has 0 bridgehead atoms. The van der Waals surface area contributed by atoms with Crippen molar-refractivity contribution in [3.05, 3.63) is 45.7 Å². The Bertz CT molecular complexity index is 626. The zero-order valence-electron chi connectivity index (χ0n) is 10.4. The van der Waals surface area contributed by atoms with Gasteiger partial charge in [-0.25, -0.2) is 4.98 Å². The van der Waals surface area contributed by atoms with Crippen LogP contribution in [0.15, 0.2) is 22.9 Å². The van der Waals surface area contributed by atoms with Gasteiger partial charge in [0.1, 0.15) is 0 Å². The van der Waals surface area contributed by atoms with Crippen molar-refractivity contribution in [2.75, 3.05) is 0 Å². The van der Waals surface area contributed by atoms with E-state index in [0.717, 1.165) is 11.3 Å². The number of hydrogen-bond donors (Lipinski definition) is 1. The Balaban J connectivity index is 2.05. The van der Waals surface area contributed by atoms with E-state index < -0.39 is 5.95 Å². The summed E-state index contributed by atoms with van der Waals surface area (Å²) in [5, 5.41) is 6.83. The van der Waals surface area contributed by atoms with Crippen molar-refractivity contribution in [1.29, 1.82) is 0 Å². The quantitative estimate of drug-likeness (QED) is 0.877. The molecule has 1 N–H and O–H groups in total. The van der Waals surface area contributed by atoms with E-state index in [1.54, 1.807) is 10.9 Å². The molecule has 2 heterocycles. The van der Waals surface area contributed by atoms with Gasteiger partial charge in [0, 0.05) is 31.0 Å². The summed E-state index contributed by atoms with van der Waals surface area (Å²) in [5.41, 5.74) is 2.22. The second-order valence-corrected chi connectivity index (χ2v) is 4.91. The highest BCUT2D eigenvalue weighted by Crippen LogP contribution is 2.14. The van der Waals surface area contributed by atoms with Gasteiger partial charge in [-0.2, -0.15) is 9.49 Å². The summed E-state index contributed by atoms with van der Waals surface area (Å²) in [4.78, 5) is 15.4. The summed E-state index contributed by atoms with van der Waals surface area (Å²) in [6, 6.07) is 1.40. The van der Waals surface area contributed by atoms with E-state index in [1.807, 2.05) is 14.0 Å². The van der Waals surface area contributed by atoms with Crippen molar-refractivity contribution >= 4 is 21.8 Å². The molecule has 7 heteroatoms. The van der Waals surface area contributed by atoms with Crippen LogP contribution in [0, 0.1) is 12.9 Å². The number of carbonyl (C=O) groups is 1. The van der Waals surface area contributed by atoms with Crippen molar-refractivity contribution in [3.63, 3.8) is 0 Å². The standard InChI is InChI=1S/C12H12BrFN4O/c1-7-9(6-17-18(7)2)5-16-12(19)8-3-10(13)11(14)15-4-8/h3-4,6H,5H2,1-2H3,(H,16,19). The van der Waals surface area contributed by atoms with Gasteiger partial charge in [0.25, 0.3) is 5.91 Å². The second-order valence-electron chi connectivity index (χ2n) is 4.06. The summed E-state index contributed by atoms with van der Waals surface area (Å²) in [7, 11) is 1.83. The Kier molecular flexibility index (Phi) is 3.94.